The lowest BCUT2D eigenvalue weighted by Crippen LogP contribution is -2.54. The van der Waals surface area contributed by atoms with Crippen molar-refractivity contribution in [3.63, 3.8) is 0 Å². The molecule has 0 aromatic rings. The van der Waals surface area contributed by atoms with Crippen LogP contribution in [-0.2, 0) is 13.9 Å². The van der Waals surface area contributed by atoms with Gasteiger partial charge in [-0.25, -0.2) is 9.08 Å². The molecule has 10 heteroatoms. The molecule has 4 saturated heterocycles. The second kappa shape index (κ2) is 7.24. The van der Waals surface area contributed by atoms with Crippen molar-refractivity contribution in [1.29, 1.82) is 0 Å². The minimum absolute atomic E-state index is 0.00648. The molecule has 4 rings (SSSR count). The van der Waals surface area contributed by atoms with Crippen LogP contribution in [0.2, 0.25) is 0 Å². The number of fused-ring (bicyclic) bond motifs is 2. The Labute approximate surface area is 157 Å². The van der Waals surface area contributed by atoms with Crippen LogP contribution in [0.25, 0.3) is 0 Å². The molecule has 2 bridgehead atoms. The maximum Gasteiger partial charge on any atom is 0.345 e. The number of likely N-dealkylation sites (tertiary alicyclic amines) is 1. The first-order valence-electron chi connectivity index (χ1n) is 9.33. The number of thiol groups is 1. The van der Waals surface area contributed by atoms with Crippen LogP contribution in [-0.4, -0.2) is 83.1 Å². The summed E-state index contributed by atoms with van der Waals surface area (Å²) in [4.78, 5) is 41.2. The smallest absolute Gasteiger partial charge is 0.342 e. The second-order valence-corrected chi connectivity index (χ2v) is 7.62. The topological polar surface area (TPSA) is 94.2 Å². The van der Waals surface area contributed by atoms with E-state index in [1.54, 1.807) is 0 Å². The molecule has 4 aliphatic heterocycles. The second-order valence-electron chi connectivity index (χ2n) is 7.45. The fourth-order valence-electron chi connectivity index (χ4n) is 4.60. The van der Waals surface area contributed by atoms with Crippen molar-refractivity contribution in [1.82, 2.24) is 25.5 Å². The molecule has 3 atom stereocenters. The molecule has 0 radical (unpaired) electrons. The summed E-state index contributed by atoms with van der Waals surface area (Å²) in [6.07, 6.45) is 3.79. The van der Waals surface area contributed by atoms with Gasteiger partial charge in [-0.1, -0.05) is 0 Å². The van der Waals surface area contributed by atoms with Crippen LogP contribution >= 0.6 is 12.9 Å². The Bertz CT molecular complexity index is 599. The third-order valence-electron chi connectivity index (χ3n) is 6.02. The van der Waals surface area contributed by atoms with E-state index in [1.165, 1.54) is 9.96 Å². The molecule has 4 amide bonds. The summed E-state index contributed by atoms with van der Waals surface area (Å²) in [5.74, 6) is -0.240. The Morgan fingerprint density at radius 1 is 1.08 bits per heavy atom. The predicted octanol–water partition coefficient (Wildman–Crippen LogP) is -0.499. The van der Waals surface area contributed by atoms with Crippen LogP contribution in [0.5, 0.6) is 0 Å². The highest BCUT2D eigenvalue weighted by atomic mass is 32.1. The van der Waals surface area contributed by atoms with E-state index < -0.39 is 12.1 Å². The first-order valence-corrected chi connectivity index (χ1v) is 9.69. The minimum atomic E-state index is -0.548. The SMILES string of the molecule is O=C(N[C@@H]1CCN(C2CCNCC2)C1=O)[C@@H]1CC[C@@H]2CN1C(=O)N2OS. The van der Waals surface area contributed by atoms with E-state index in [9.17, 15) is 14.4 Å². The van der Waals surface area contributed by atoms with Crippen LogP contribution in [0.4, 0.5) is 4.79 Å². The number of rotatable bonds is 4. The van der Waals surface area contributed by atoms with Gasteiger partial charge in [0.05, 0.1) is 6.04 Å². The van der Waals surface area contributed by atoms with E-state index >= 15 is 0 Å². The molecule has 0 spiro atoms. The Morgan fingerprint density at radius 2 is 1.85 bits per heavy atom. The Morgan fingerprint density at radius 3 is 2.58 bits per heavy atom. The average molecular weight is 383 g/mol. The number of nitrogens with one attached hydrogen (secondary N) is 2. The number of carbonyl (C=O) groups is 3. The maximum atomic E-state index is 12.7. The van der Waals surface area contributed by atoms with Gasteiger partial charge in [-0.15, -0.1) is 0 Å². The molecular formula is C16H25N5O4S. The van der Waals surface area contributed by atoms with Crippen LogP contribution in [0.1, 0.15) is 32.1 Å². The van der Waals surface area contributed by atoms with Gasteiger partial charge >= 0.3 is 6.03 Å². The molecule has 0 saturated carbocycles. The Balaban J connectivity index is 1.36. The van der Waals surface area contributed by atoms with Crippen molar-refractivity contribution >= 4 is 30.8 Å². The molecule has 0 unspecified atom stereocenters. The molecule has 0 aliphatic carbocycles. The molecule has 144 valence electrons. The zero-order valence-electron chi connectivity index (χ0n) is 14.6. The zero-order chi connectivity index (χ0) is 18.3. The molecule has 4 heterocycles. The van der Waals surface area contributed by atoms with Gasteiger partial charge in [0.25, 0.3) is 0 Å². The van der Waals surface area contributed by atoms with Crippen molar-refractivity contribution in [3.8, 4) is 0 Å². The van der Waals surface area contributed by atoms with E-state index in [4.69, 9.17) is 4.28 Å². The van der Waals surface area contributed by atoms with Crippen LogP contribution in [0.15, 0.2) is 0 Å². The number of amides is 4. The Hall–Kier alpha value is -1.52. The number of piperidine rings is 2. The van der Waals surface area contributed by atoms with Crippen LogP contribution in [0.3, 0.4) is 0 Å². The number of nitrogens with zero attached hydrogens (tertiary/aromatic N) is 3. The number of hydrogen-bond donors (Lipinski definition) is 3. The van der Waals surface area contributed by atoms with E-state index in [0.29, 0.717) is 32.4 Å². The van der Waals surface area contributed by atoms with E-state index in [-0.39, 0.29) is 29.9 Å². The standard InChI is InChI=1S/C16H25N5O4S/c22-14(13-2-1-11-9-20(13)16(24)21(11)25-26)18-12-5-8-19(15(12)23)10-3-6-17-7-4-10/h10-13,17,26H,1-9H2,(H,18,22)/t11-,12-,13+/m1/s1. The Kier molecular flexibility index (Phi) is 4.98. The fraction of sp³-hybridized carbons (Fsp3) is 0.812. The zero-order valence-corrected chi connectivity index (χ0v) is 15.5. The van der Waals surface area contributed by atoms with Gasteiger partial charge in [0.15, 0.2) is 0 Å². The van der Waals surface area contributed by atoms with Gasteiger partial charge in [-0.05, 0) is 45.2 Å². The number of carbonyl (C=O) groups excluding carboxylic acids is 3. The summed E-state index contributed by atoms with van der Waals surface area (Å²) >= 11 is 3.73. The van der Waals surface area contributed by atoms with Crippen molar-refractivity contribution in [2.75, 3.05) is 26.2 Å². The van der Waals surface area contributed by atoms with Crippen LogP contribution < -0.4 is 10.6 Å². The summed E-state index contributed by atoms with van der Waals surface area (Å²) in [6.45, 7) is 2.99. The summed E-state index contributed by atoms with van der Waals surface area (Å²) in [5.41, 5.74) is 0. The van der Waals surface area contributed by atoms with Crippen molar-refractivity contribution in [3.05, 3.63) is 0 Å². The lowest BCUT2D eigenvalue weighted by atomic mass is 10.00. The molecule has 0 aromatic heterocycles. The molecular weight excluding hydrogens is 358 g/mol. The number of hydrogen-bond acceptors (Lipinski definition) is 6. The fourth-order valence-corrected chi connectivity index (χ4v) is 4.80. The normalized spacial score (nSPS) is 32.5. The van der Waals surface area contributed by atoms with E-state index in [2.05, 4.69) is 23.5 Å². The van der Waals surface area contributed by atoms with Crippen molar-refractivity contribution < 1.29 is 18.7 Å². The molecule has 4 aliphatic rings. The summed E-state index contributed by atoms with van der Waals surface area (Å²) in [7, 11) is 0. The molecule has 26 heavy (non-hydrogen) atoms. The van der Waals surface area contributed by atoms with Crippen LogP contribution in [0, 0.1) is 0 Å². The highest BCUT2D eigenvalue weighted by molar-refractivity contribution is 7.75. The van der Waals surface area contributed by atoms with Gasteiger partial charge in [0.2, 0.25) is 11.8 Å². The van der Waals surface area contributed by atoms with E-state index in [1.807, 2.05) is 4.90 Å². The quantitative estimate of drug-likeness (QED) is 0.450. The van der Waals surface area contributed by atoms with Crippen molar-refractivity contribution in [2.24, 2.45) is 0 Å². The molecule has 2 N–H and O–H groups in total. The summed E-state index contributed by atoms with van der Waals surface area (Å²) in [6, 6.07) is -1.16. The lowest BCUT2D eigenvalue weighted by molar-refractivity contribution is -0.135. The number of hydroxylamine groups is 2. The van der Waals surface area contributed by atoms with Crippen molar-refractivity contribution in [2.45, 2.75) is 56.3 Å². The van der Waals surface area contributed by atoms with E-state index in [0.717, 1.165) is 25.9 Å². The van der Waals surface area contributed by atoms with Gasteiger partial charge in [0.1, 0.15) is 12.1 Å². The summed E-state index contributed by atoms with van der Waals surface area (Å²) in [5, 5.41) is 7.41. The van der Waals surface area contributed by atoms with Gasteiger partial charge in [-0.2, -0.15) is 5.06 Å². The van der Waals surface area contributed by atoms with Gasteiger partial charge < -0.3 is 20.4 Å². The third-order valence-corrected chi connectivity index (χ3v) is 6.20. The molecule has 9 nitrogen and oxygen atoms in total. The summed E-state index contributed by atoms with van der Waals surface area (Å²) < 4.78 is 4.84. The monoisotopic (exact) mass is 383 g/mol. The molecule has 0 aromatic carbocycles. The third kappa shape index (κ3) is 3.03. The van der Waals surface area contributed by atoms with Gasteiger partial charge in [-0.3, -0.25) is 9.59 Å². The lowest BCUT2D eigenvalue weighted by Gasteiger charge is -2.32. The minimum Gasteiger partial charge on any atom is -0.342 e. The maximum absolute atomic E-state index is 12.7. The highest BCUT2D eigenvalue weighted by Gasteiger charge is 2.48. The molecule has 4 fully saturated rings. The van der Waals surface area contributed by atoms with Gasteiger partial charge in [0, 0.05) is 32.0 Å². The average Bonchev–Trinajstić information content (AvgIpc) is 3.14. The largest absolute Gasteiger partial charge is 0.345 e. The first kappa shape index (κ1) is 17.9. The number of urea groups is 1. The highest BCUT2D eigenvalue weighted by Crippen LogP contribution is 2.31. The predicted molar refractivity (Wildman–Crippen MR) is 95.0 cm³/mol. The first-order chi connectivity index (χ1) is 12.6.